The van der Waals surface area contributed by atoms with E-state index in [0.29, 0.717) is 18.7 Å². The van der Waals surface area contributed by atoms with Gasteiger partial charge in [-0.15, -0.1) is 11.3 Å². The minimum absolute atomic E-state index is 0.102. The molecule has 2 atom stereocenters. The third kappa shape index (κ3) is 3.28. The Morgan fingerprint density at radius 2 is 1.90 bits per heavy atom. The first-order chi connectivity index (χ1) is 9.77. The van der Waals surface area contributed by atoms with Crippen LogP contribution in [0.25, 0.3) is 0 Å². The standard InChI is InChI=1S/C13H19NO4S3/c1-8-7-19-11(13(15)18-4)12(8)21(16,17)14-5-9(2)20-10(3)6-14/h7,9-10H,5-6H2,1-4H3. The van der Waals surface area contributed by atoms with Crippen LogP contribution in [0.1, 0.15) is 29.1 Å². The molecule has 21 heavy (non-hydrogen) atoms. The van der Waals surface area contributed by atoms with Crippen LogP contribution in [0.2, 0.25) is 0 Å². The molecule has 0 aromatic carbocycles. The number of hydrogen-bond donors (Lipinski definition) is 0. The van der Waals surface area contributed by atoms with E-state index in [9.17, 15) is 13.2 Å². The first kappa shape index (κ1) is 16.8. The van der Waals surface area contributed by atoms with Crippen molar-refractivity contribution in [2.24, 2.45) is 0 Å². The van der Waals surface area contributed by atoms with Crippen molar-refractivity contribution in [3.63, 3.8) is 0 Å². The van der Waals surface area contributed by atoms with Gasteiger partial charge in [-0.25, -0.2) is 13.2 Å². The fraction of sp³-hybridized carbons (Fsp3) is 0.615. The highest BCUT2D eigenvalue weighted by Crippen LogP contribution is 2.34. The van der Waals surface area contributed by atoms with Crippen molar-refractivity contribution in [1.82, 2.24) is 4.31 Å². The number of aryl methyl sites for hydroxylation is 1. The van der Waals surface area contributed by atoms with Crippen molar-refractivity contribution >= 4 is 39.1 Å². The highest BCUT2D eigenvalue weighted by molar-refractivity contribution is 8.00. The van der Waals surface area contributed by atoms with Gasteiger partial charge >= 0.3 is 5.97 Å². The van der Waals surface area contributed by atoms with Crippen LogP contribution < -0.4 is 0 Å². The van der Waals surface area contributed by atoms with E-state index in [-0.39, 0.29) is 20.3 Å². The molecule has 1 saturated heterocycles. The van der Waals surface area contributed by atoms with Gasteiger partial charge in [0.05, 0.1) is 7.11 Å². The van der Waals surface area contributed by atoms with Gasteiger partial charge in [-0.3, -0.25) is 0 Å². The summed E-state index contributed by atoms with van der Waals surface area (Å²) in [5.74, 6) is -0.598. The SMILES string of the molecule is COC(=O)c1scc(C)c1S(=O)(=O)N1CC(C)SC(C)C1. The van der Waals surface area contributed by atoms with E-state index in [1.54, 1.807) is 24.1 Å². The van der Waals surface area contributed by atoms with Gasteiger partial charge in [-0.2, -0.15) is 16.1 Å². The van der Waals surface area contributed by atoms with Crippen LogP contribution >= 0.6 is 23.1 Å². The second kappa shape index (κ2) is 6.28. The molecule has 2 rings (SSSR count). The second-order valence-electron chi connectivity index (χ2n) is 5.15. The van der Waals surface area contributed by atoms with E-state index in [0.717, 1.165) is 11.3 Å². The Morgan fingerprint density at radius 3 is 2.43 bits per heavy atom. The number of carbonyl (C=O) groups excluding carboxylic acids is 1. The van der Waals surface area contributed by atoms with Gasteiger partial charge in [0.2, 0.25) is 10.0 Å². The molecule has 5 nitrogen and oxygen atoms in total. The van der Waals surface area contributed by atoms with Crippen molar-refractivity contribution in [2.45, 2.75) is 36.2 Å². The summed E-state index contributed by atoms with van der Waals surface area (Å²) in [6, 6.07) is 0. The molecule has 0 N–H and O–H groups in total. The molecule has 118 valence electrons. The maximum atomic E-state index is 12.9. The lowest BCUT2D eigenvalue weighted by molar-refractivity contribution is 0.0602. The lowest BCUT2D eigenvalue weighted by Gasteiger charge is -2.33. The zero-order chi connectivity index (χ0) is 15.8. The van der Waals surface area contributed by atoms with E-state index in [4.69, 9.17) is 4.74 Å². The molecule has 0 aliphatic carbocycles. The molecule has 1 aromatic heterocycles. The van der Waals surface area contributed by atoms with Gasteiger partial charge in [0.1, 0.15) is 9.77 Å². The predicted octanol–water partition coefficient (Wildman–Crippen LogP) is 2.36. The van der Waals surface area contributed by atoms with Gasteiger partial charge in [0, 0.05) is 23.6 Å². The van der Waals surface area contributed by atoms with Gasteiger partial charge in [-0.05, 0) is 17.9 Å². The zero-order valence-corrected chi connectivity index (χ0v) is 14.9. The third-order valence-electron chi connectivity index (χ3n) is 3.27. The Kier molecular flexibility index (Phi) is 5.02. The van der Waals surface area contributed by atoms with Crippen molar-refractivity contribution in [3.8, 4) is 0 Å². The number of ether oxygens (including phenoxy) is 1. The largest absolute Gasteiger partial charge is 0.465 e. The molecule has 0 radical (unpaired) electrons. The number of thiophene rings is 1. The summed E-state index contributed by atoms with van der Waals surface area (Å²) < 4.78 is 32.0. The number of nitrogens with zero attached hydrogens (tertiary/aromatic N) is 1. The first-order valence-corrected chi connectivity index (χ1v) is 9.85. The molecule has 2 heterocycles. The van der Waals surface area contributed by atoms with Gasteiger partial charge in [-0.1, -0.05) is 13.8 Å². The molecule has 0 bridgehead atoms. The van der Waals surface area contributed by atoms with Gasteiger partial charge < -0.3 is 4.74 Å². The number of sulfonamides is 1. The summed E-state index contributed by atoms with van der Waals surface area (Å²) in [7, 11) is -2.41. The Hall–Kier alpha value is -0.570. The molecular formula is C13H19NO4S3. The normalized spacial score (nSPS) is 24.0. The maximum Gasteiger partial charge on any atom is 0.349 e. The van der Waals surface area contributed by atoms with Gasteiger partial charge in [0.15, 0.2) is 0 Å². The zero-order valence-electron chi connectivity index (χ0n) is 12.5. The highest BCUT2D eigenvalue weighted by atomic mass is 32.2. The van der Waals surface area contributed by atoms with Crippen molar-refractivity contribution in [2.75, 3.05) is 20.2 Å². The molecule has 1 aliphatic heterocycles. The fourth-order valence-electron chi connectivity index (χ4n) is 2.44. The molecule has 2 unspecified atom stereocenters. The third-order valence-corrected chi connectivity index (χ3v) is 7.73. The summed E-state index contributed by atoms with van der Waals surface area (Å²) in [6.07, 6.45) is 0. The van der Waals surface area contributed by atoms with Crippen LogP contribution in [0.3, 0.4) is 0 Å². The Bertz CT molecular complexity index is 628. The Labute approximate surface area is 133 Å². The minimum atomic E-state index is -3.67. The van der Waals surface area contributed by atoms with Crippen LogP contribution in [-0.4, -0.2) is 49.4 Å². The summed E-state index contributed by atoms with van der Waals surface area (Å²) in [5, 5.41) is 2.16. The number of methoxy groups -OCH3 is 1. The van der Waals surface area contributed by atoms with E-state index >= 15 is 0 Å². The molecule has 8 heteroatoms. The van der Waals surface area contributed by atoms with Crippen molar-refractivity contribution < 1.29 is 17.9 Å². The van der Waals surface area contributed by atoms with E-state index < -0.39 is 16.0 Å². The first-order valence-electron chi connectivity index (χ1n) is 6.59. The van der Waals surface area contributed by atoms with E-state index in [1.807, 2.05) is 13.8 Å². The Morgan fingerprint density at radius 1 is 1.33 bits per heavy atom. The number of rotatable bonds is 3. The molecule has 0 spiro atoms. The average Bonchev–Trinajstić information content (AvgIpc) is 2.79. The molecular weight excluding hydrogens is 330 g/mol. The fourth-order valence-corrected chi connectivity index (χ4v) is 7.23. The molecule has 1 aliphatic rings. The van der Waals surface area contributed by atoms with Crippen LogP contribution in [0.4, 0.5) is 0 Å². The minimum Gasteiger partial charge on any atom is -0.465 e. The lowest BCUT2D eigenvalue weighted by Crippen LogP contribution is -2.44. The predicted molar refractivity (Wildman–Crippen MR) is 85.7 cm³/mol. The van der Waals surface area contributed by atoms with Crippen molar-refractivity contribution in [1.29, 1.82) is 0 Å². The molecule has 1 aromatic rings. The number of carbonyl (C=O) groups is 1. The molecule has 1 fully saturated rings. The topological polar surface area (TPSA) is 63.7 Å². The number of thioether (sulfide) groups is 1. The van der Waals surface area contributed by atoms with Crippen LogP contribution in [-0.2, 0) is 14.8 Å². The Balaban J connectivity index is 2.45. The number of hydrogen-bond acceptors (Lipinski definition) is 6. The van der Waals surface area contributed by atoms with Crippen molar-refractivity contribution in [3.05, 3.63) is 15.8 Å². The number of esters is 1. The van der Waals surface area contributed by atoms with Crippen LogP contribution in [0, 0.1) is 6.92 Å². The summed E-state index contributed by atoms with van der Waals surface area (Å²) >= 11 is 2.90. The second-order valence-corrected chi connectivity index (χ2v) is 9.78. The monoisotopic (exact) mass is 349 g/mol. The van der Waals surface area contributed by atoms with E-state index in [2.05, 4.69) is 0 Å². The maximum absolute atomic E-state index is 12.9. The molecule has 0 saturated carbocycles. The summed E-state index contributed by atoms with van der Waals surface area (Å²) in [4.78, 5) is 12.1. The molecule has 0 amide bonds. The average molecular weight is 349 g/mol. The summed E-state index contributed by atoms with van der Waals surface area (Å²) in [5.41, 5.74) is 0.596. The highest BCUT2D eigenvalue weighted by Gasteiger charge is 2.36. The van der Waals surface area contributed by atoms with Crippen LogP contribution in [0.15, 0.2) is 10.3 Å². The van der Waals surface area contributed by atoms with E-state index in [1.165, 1.54) is 11.4 Å². The lowest BCUT2D eigenvalue weighted by atomic mass is 10.3. The quantitative estimate of drug-likeness (QED) is 0.784. The smallest absolute Gasteiger partial charge is 0.349 e. The van der Waals surface area contributed by atoms with Gasteiger partial charge in [0.25, 0.3) is 0 Å². The van der Waals surface area contributed by atoms with Crippen LogP contribution in [0.5, 0.6) is 0 Å². The summed E-state index contributed by atoms with van der Waals surface area (Å²) in [6.45, 7) is 6.68.